The van der Waals surface area contributed by atoms with E-state index in [1.54, 1.807) is 0 Å². The van der Waals surface area contributed by atoms with Crippen LogP contribution in [0.25, 0.3) is 0 Å². The van der Waals surface area contributed by atoms with Gasteiger partial charge in [0, 0.05) is 25.0 Å². The van der Waals surface area contributed by atoms with Crippen molar-refractivity contribution < 1.29 is 4.74 Å². The lowest BCUT2D eigenvalue weighted by molar-refractivity contribution is 0.110. The fraction of sp³-hybridized carbons (Fsp3) is 0.700. The van der Waals surface area contributed by atoms with Crippen LogP contribution in [0.5, 0.6) is 0 Å². The van der Waals surface area contributed by atoms with Crippen molar-refractivity contribution in [1.82, 2.24) is 14.5 Å². The maximum atomic E-state index is 5.49. The Kier molecular flexibility index (Phi) is 5.01. The minimum atomic E-state index is 0.708. The summed E-state index contributed by atoms with van der Waals surface area (Å²) in [5, 5.41) is 0. The summed E-state index contributed by atoms with van der Waals surface area (Å²) in [4.78, 5) is 5.18. The fourth-order valence-corrected chi connectivity index (χ4v) is 1.55. The third-order valence-electron chi connectivity index (χ3n) is 2.07. The van der Waals surface area contributed by atoms with Crippen LogP contribution in [0.1, 0.15) is 5.69 Å². The Balaban J connectivity index is 2.21. The number of likely N-dealkylation sites (N-methyl/N-ethyl adjacent to an activating group) is 1. The summed E-state index contributed by atoms with van der Waals surface area (Å²) >= 11 is 5.14. The molecule has 15 heavy (non-hydrogen) atoms. The molecule has 1 heterocycles. The van der Waals surface area contributed by atoms with Gasteiger partial charge >= 0.3 is 0 Å². The Morgan fingerprint density at radius 2 is 2.20 bits per heavy atom. The van der Waals surface area contributed by atoms with Gasteiger partial charge in [-0.25, -0.2) is 0 Å². The summed E-state index contributed by atoms with van der Waals surface area (Å²) in [6, 6.07) is 0. The first-order valence-corrected chi connectivity index (χ1v) is 5.49. The van der Waals surface area contributed by atoms with E-state index in [1.807, 2.05) is 31.8 Å². The smallest absolute Gasteiger partial charge is 0.177 e. The molecule has 0 bridgehead atoms. The quantitative estimate of drug-likeness (QED) is 0.592. The summed E-state index contributed by atoms with van der Waals surface area (Å²) in [5.74, 6) is 0. The van der Waals surface area contributed by atoms with E-state index >= 15 is 0 Å². The summed E-state index contributed by atoms with van der Waals surface area (Å²) < 4.78 is 8.26. The molecule has 1 aromatic heterocycles. The predicted molar refractivity (Wildman–Crippen MR) is 63.7 cm³/mol. The van der Waals surface area contributed by atoms with Crippen LogP contribution in [0, 0.1) is 11.7 Å². The zero-order chi connectivity index (χ0) is 11.3. The number of nitrogens with zero attached hydrogens (tertiary/aromatic N) is 2. The van der Waals surface area contributed by atoms with Gasteiger partial charge in [0.05, 0.1) is 13.2 Å². The third-order valence-corrected chi connectivity index (χ3v) is 2.41. The van der Waals surface area contributed by atoms with Gasteiger partial charge in [-0.15, -0.1) is 0 Å². The molecule has 0 aliphatic heterocycles. The van der Waals surface area contributed by atoms with Crippen LogP contribution in [-0.2, 0) is 11.3 Å². The number of aromatic nitrogens is 2. The Morgan fingerprint density at radius 3 is 2.73 bits per heavy atom. The summed E-state index contributed by atoms with van der Waals surface area (Å²) in [6.07, 6.45) is 2.01. The highest BCUT2D eigenvalue weighted by atomic mass is 32.1. The van der Waals surface area contributed by atoms with Crippen LogP contribution in [0.3, 0.4) is 0 Å². The van der Waals surface area contributed by atoms with Gasteiger partial charge in [0.2, 0.25) is 0 Å². The third kappa shape index (κ3) is 4.59. The second kappa shape index (κ2) is 6.05. The van der Waals surface area contributed by atoms with Gasteiger partial charge in [0.15, 0.2) is 4.77 Å². The topological polar surface area (TPSA) is 33.2 Å². The Bertz CT molecular complexity index is 343. The fourth-order valence-electron chi connectivity index (χ4n) is 1.24. The zero-order valence-corrected chi connectivity index (χ0v) is 10.4. The second-order valence-electron chi connectivity index (χ2n) is 3.85. The van der Waals surface area contributed by atoms with Crippen molar-refractivity contribution in [2.75, 3.05) is 33.9 Å². The Hall–Kier alpha value is -0.650. The van der Waals surface area contributed by atoms with Crippen LogP contribution >= 0.6 is 12.2 Å². The van der Waals surface area contributed by atoms with E-state index in [0.717, 1.165) is 30.2 Å². The maximum absolute atomic E-state index is 5.49. The molecule has 0 spiro atoms. The number of ether oxygens (including phenoxy) is 1. The number of hydrogen-bond donors (Lipinski definition) is 1. The molecule has 0 saturated heterocycles. The number of rotatable bonds is 6. The van der Waals surface area contributed by atoms with Gasteiger partial charge in [-0.3, -0.25) is 0 Å². The number of H-pyrrole nitrogens is 1. The molecule has 0 fully saturated rings. The number of aryl methyl sites for hydroxylation is 1. The number of hydrogen-bond acceptors (Lipinski definition) is 3. The zero-order valence-electron chi connectivity index (χ0n) is 9.62. The van der Waals surface area contributed by atoms with Crippen molar-refractivity contribution in [2.45, 2.75) is 13.5 Å². The van der Waals surface area contributed by atoms with E-state index in [2.05, 4.69) is 9.88 Å². The molecule has 1 N–H and O–H groups in total. The molecular weight excluding hydrogens is 210 g/mol. The van der Waals surface area contributed by atoms with Gasteiger partial charge < -0.3 is 19.2 Å². The van der Waals surface area contributed by atoms with Crippen molar-refractivity contribution in [3.05, 3.63) is 16.7 Å². The van der Waals surface area contributed by atoms with Crippen LogP contribution in [0.4, 0.5) is 0 Å². The maximum Gasteiger partial charge on any atom is 0.177 e. The van der Waals surface area contributed by atoms with E-state index in [1.165, 1.54) is 0 Å². The van der Waals surface area contributed by atoms with Crippen molar-refractivity contribution in [1.29, 1.82) is 0 Å². The summed E-state index contributed by atoms with van der Waals surface area (Å²) in [5.41, 5.74) is 1.09. The highest BCUT2D eigenvalue weighted by Crippen LogP contribution is 1.96. The molecule has 86 valence electrons. The molecule has 0 aliphatic carbocycles. The van der Waals surface area contributed by atoms with Gasteiger partial charge in [-0.1, -0.05) is 0 Å². The van der Waals surface area contributed by atoms with Gasteiger partial charge in [0.1, 0.15) is 0 Å². The molecule has 0 amide bonds. The lowest BCUT2D eigenvalue weighted by Crippen LogP contribution is -2.19. The number of aromatic amines is 1. The van der Waals surface area contributed by atoms with Crippen molar-refractivity contribution >= 4 is 12.2 Å². The molecule has 0 atom stereocenters. The van der Waals surface area contributed by atoms with Gasteiger partial charge in [-0.2, -0.15) is 0 Å². The SMILES string of the molecule is Cc1cn(CCOCCN(C)C)c(=S)[nH]1. The van der Waals surface area contributed by atoms with Gasteiger partial charge in [0.25, 0.3) is 0 Å². The van der Waals surface area contributed by atoms with Crippen LogP contribution in [0.15, 0.2) is 6.20 Å². The van der Waals surface area contributed by atoms with Gasteiger partial charge in [-0.05, 0) is 33.2 Å². The van der Waals surface area contributed by atoms with Crippen molar-refractivity contribution in [3.63, 3.8) is 0 Å². The largest absolute Gasteiger partial charge is 0.378 e. The summed E-state index contributed by atoms with van der Waals surface area (Å²) in [7, 11) is 4.07. The Labute approximate surface area is 95.9 Å². The molecule has 4 nitrogen and oxygen atoms in total. The first-order chi connectivity index (χ1) is 7.09. The van der Waals surface area contributed by atoms with E-state index in [-0.39, 0.29) is 0 Å². The normalized spacial score (nSPS) is 11.2. The first-order valence-electron chi connectivity index (χ1n) is 5.08. The van der Waals surface area contributed by atoms with Crippen LogP contribution < -0.4 is 0 Å². The monoisotopic (exact) mass is 229 g/mol. The highest BCUT2D eigenvalue weighted by Gasteiger charge is 1.96. The molecule has 0 radical (unpaired) electrons. The van der Waals surface area contributed by atoms with E-state index in [4.69, 9.17) is 17.0 Å². The standard InChI is InChI=1S/C10H19N3OS/c1-9-8-13(10(15)11-9)5-7-14-6-4-12(2)3/h8H,4-7H2,1-3H3,(H,11,15). The molecule has 5 heteroatoms. The molecule has 1 rings (SSSR count). The van der Waals surface area contributed by atoms with E-state index in [0.29, 0.717) is 6.61 Å². The average Bonchev–Trinajstić information content (AvgIpc) is 2.44. The van der Waals surface area contributed by atoms with Crippen LogP contribution in [-0.4, -0.2) is 48.3 Å². The average molecular weight is 229 g/mol. The minimum absolute atomic E-state index is 0.708. The van der Waals surface area contributed by atoms with Crippen molar-refractivity contribution in [3.8, 4) is 0 Å². The highest BCUT2D eigenvalue weighted by molar-refractivity contribution is 7.71. The molecule has 1 aromatic rings. The molecule has 0 saturated carbocycles. The second-order valence-corrected chi connectivity index (χ2v) is 4.24. The lowest BCUT2D eigenvalue weighted by atomic mass is 10.5. The van der Waals surface area contributed by atoms with Crippen LogP contribution in [0.2, 0.25) is 0 Å². The van der Waals surface area contributed by atoms with E-state index < -0.39 is 0 Å². The first kappa shape index (κ1) is 12.4. The molecule has 0 aliphatic rings. The Morgan fingerprint density at radius 1 is 1.47 bits per heavy atom. The number of nitrogens with one attached hydrogen (secondary N) is 1. The lowest BCUT2D eigenvalue weighted by Gasteiger charge is -2.09. The molecular formula is C10H19N3OS. The van der Waals surface area contributed by atoms with E-state index in [9.17, 15) is 0 Å². The van der Waals surface area contributed by atoms with Crippen molar-refractivity contribution in [2.24, 2.45) is 0 Å². The number of imidazole rings is 1. The molecule has 0 aromatic carbocycles. The minimum Gasteiger partial charge on any atom is -0.378 e. The molecule has 0 unspecified atom stereocenters. The summed E-state index contributed by atoms with van der Waals surface area (Å²) in [6.45, 7) is 5.25. The predicted octanol–water partition coefficient (Wildman–Crippen LogP) is 1.43.